The van der Waals surface area contributed by atoms with Gasteiger partial charge in [0.25, 0.3) is 0 Å². The molecule has 1 aliphatic heterocycles. The first-order valence-corrected chi connectivity index (χ1v) is 6.52. The summed E-state index contributed by atoms with van der Waals surface area (Å²) in [5.74, 6) is -0.658. The number of hydrogen-bond acceptors (Lipinski definition) is 2. The van der Waals surface area contributed by atoms with Gasteiger partial charge in [-0.05, 0) is 25.3 Å². The Balaban J connectivity index is 2.09. The van der Waals surface area contributed by atoms with Crippen LogP contribution < -0.4 is 0 Å². The van der Waals surface area contributed by atoms with Crippen LogP contribution in [-0.2, 0) is 4.79 Å². The van der Waals surface area contributed by atoms with E-state index in [0.29, 0.717) is 6.54 Å². The maximum absolute atomic E-state index is 11.1. The fraction of sp³-hybridized carbons (Fsp3) is 0.533. The molecule has 1 N–H and O–H groups in total. The van der Waals surface area contributed by atoms with Gasteiger partial charge in [0.05, 0.1) is 5.92 Å². The second kappa shape index (κ2) is 5.11. The molecular formula is C15H21NO2. The molecule has 98 valence electrons. The van der Waals surface area contributed by atoms with E-state index in [4.69, 9.17) is 5.11 Å². The topological polar surface area (TPSA) is 40.5 Å². The first-order valence-electron chi connectivity index (χ1n) is 6.52. The van der Waals surface area contributed by atoms with Crippen molar-refractivity contribution in [1.82, 2.24) is 4.90 Å². The molecule has 1 saturated heterocycles. The molecule has 0 aliphatic carbocycles. The van der Waals surface area contributed by atoms with Crippen molar-refractivity contribution >= 4 is 5.97 Å². The Labute approximate surface area is 108 Å². The zero-order valence-electron chi connectivity index (χ0n) is 11.3. The third kappa shape index (κ3) is 2.56. The molecule has 18 heavy (non-hydrogen) atoms. The van der Waals surface area contributed by atoms with E-state index in [-0.39, 0.29) is 17.9 Å². The summed E-state index contributed by atoms with van der Waals surface area (Å²) in [5, 5.41) is 9.16. The monoisotopic (exact) mass is 247 g/mol. The molecule has 0 aromatic heterocycles. The Morgan fingerprint density at radius 3 is 2.44 bits per heavy atom. The van der Waals surface area contributed by atoms with Crippen LogP contribution >= 0.6 is 0 Å². The highest BCUT2D eigenvalue weighted by Gasteiger charge is 2.36. The molecule has 1 aliphatic rings. The van der Waals surface area contributed by atoms with Gasteiger partial charge < -0.3 is 5.11 Å². The van der Waals surface area contributed by atoms with Gasteiger partial charge in [-0.3, -0.25) is 9.69 Å². The first-order chi connectivity index (χ1) is 8.49. The molecule has 0 radical (unpaired) electrons. The van der Waals surface area contributed by atoms with Crippen molar-refractivity contribution in [1.29, 1.82) is 0 Å². The van der Waals surface area contributed by atoms with Crippen molar-refractivity contribution in [3.8, 4) is 0 Å². The summed E-state index contributed by atoms with van der Waals surface area (Å²) in [6.45, 7) is 7.78. The molecule has 1 aromatic rings. The molecule has 0 amide bonds. The highest BCUT2D eigenvalue weighted by molar-refractivity contribution is 5.71. The van der Waals surface area contributed by atoms with Crippen molar-refractivity contribution in [3.63, 3.8) is 0 Å². The van der Waals surface area contributed by atoms with E-state index in [0.717, 1.165) is 6.54 Å². The predicted octanol–water partition coefficient (Wildman–Crippen LogP) is 2.71. The zero-order chi connectivity index (χ0) is 13.3. The van der Waals surface area contributed by atoms with Crippen molar-refractivity contribution in [2.75, 3.05) is 13.1 Å². The van der Waals surface area contributed by atoms with Gasteiger partial charge in [0.2, 0.25) is 0 Å². The van der Waals surface area contributed by atoms with E-state index in [1.165, 1.54) is 11.1 Å². The van der Waals surface area contributed by atoms with Crippen molar-refractivity contribution in [2.45, 2.75) is 26.8 Å². The van der Waals surface area contributed by atoms with E-state index in [1.807, 2.05) is 6.92 Å². The van der Waals surface area contributed by atoms with E-state index < -0.39 is 5.97 Å². The van der Waals surface area contributed by atoms with Gasteiger partial charge in [-0.2, -0.15) is 0 Å². The fourth-order valence-electron chi connectivity index (χ4n) is 2.70. The Kier molecular flexibility index (Phi) is 3.71. The third-order valence-corrected chi connectivity index (χ3v) is 4.07. The van der Waals surface area contributed by atoms with Gasteiger partial charge in [0.1, 0.15) is 0 Å². The minimum atomic E-state index is -0.666. The van der Waals surface area contributed by atoms with Crippen LogP contribution in [0.25, 0.3) is 0 Å². The van der Waals surface area contributed by atoms with Gasteiger partial charge in [0, 0.05) is 19.1 Å². The molecule has 0 bridgehead atoms. The SMILES string of the molecule is Cc1ccc(C(C)N2C[C@@H](C)[C@H](C(=O)O)C2)cc1. The average Bonchev–Trinajstić information content (AvgIpc) is 2.71. The summed E-state index contributed by atoms with van der Waals surface area (Å²) in [6, 6.07) is 8.79. The van der Waals surface area contributed by atoms with Crippen LogP contribution in [0.3, 0.4) is 0 Å². The zero-order valence-corrected chi connectivity index (χ0v) is 11.3. The summed E-state index contributed by atoms with van der Waals surface area (Å²) in [7, 11) is 0. The predicted molar refractivity (Wildman–Crippen MR) is 71.5 cm³/mol. The molecule has 0 spiro atoms. The number of carboxylic acid groups (broad SMARTS) is 1. The summed E-state index contributed by atoms with van der Waals surface area (Å²) in [4.78, 5) is 13.4. The number of aryl methyl sites for hydroxylation is 1. The Morgan fingerprint density at radius 1 is 1.33 bits per heavy atom. The van der Waals surface area contributed by atoms with Crippen LogP contribution in [0, 0.1) is 18.8 Å². The van der Waals surface area contributed by atoms with Gasteiger partial charge in [-0.15, -0.1) is 0 Å². The number of benzene rings is 1. The highest BCUT2D eigenvalue weighted by Crippen LogP contribution is 2.30. The highest BCUT2D eigenvalue weighted by atomic mass is 16.4. The lowest BCUT2D eigenvalue weighted by Gasteiger charge is -2.24. The molecule has 3 atom stereocenters. The third-order valence-electron chi connectivity index (χ3n) is 4.07. The summed E-state index contributed by atoms with van der Waals surface area (Å²) in [5.41, 5.74) is 2.52. The molecular weight excluding hydrogens is 226 g/mol. The molecule has 3 nitrogen and oxygen atoms in total. The second-order valence-corrected chi connectivity index (χ2v) is 5.46. The minimum Gasteiger partial charge on any atom is -0.481 e. The van der Waals surface area contributed by atoms with Gasteiger partial charge in [-0.1, -0.05) is 36.8 Å². The van der Waals surface area contributed by atoms with Crippen LogP contribution in [-0.4, -0.2) is 29.1 Å². The first kappa shape index (κ1) is 13.1. The van der Waals surface area contributed by atoms with Crippen LogP contribution in [0.2, 0.25) is 0 Å². The lowest BCUT2D eigenvalue weighted by atomic mass is 9.99. The number of aliphatic carboxylic acids is 1. The van der Waals surface area contributed by atoms with Crippen LogP contribution in [0.4, 0.5) is 0 Å². The van der Waals surface area contributed by atoms with E-state index in [9.17, 15) is 4.79 Å². The molecule has 0 saturated carbocycles. The average molecular weight is 247 g/mol. The lowest BCUT2D eigenvalue weighted by Crippen LogP contribution is -2.26. The number of likely N-dealkylation sites (tertiary alicyclic amines) is 1. The van der Waals surface area contributed by atoms with Gasteiger partial charge in [-0.25, -0.2) is 0 Å². The molecule has 1 unspecified atom stereocenters. The molecule has 1 fully saturated rings. The number of nitrogens with zero attached hydrogens (tertiary/aromatic N) is 1. The molecule has 3 heteroatoms. The fourth-order valence-corrected chi connectivity index (χ4v) is 2.70. The Morgan fingerprint density at radius 2 is 1.94 bits per heavy atom. The maximum Gasteiger partial charge on any atom is 0.308 e. The number of carbonyl (C=O) groups is 1. The minimum absolute atomic E-state index is 0.224. The Bertz CT molecular complexity index is 427. The number of hydrogen-bond donors (Lipinski definition) is 1. The van der Waals surface area contributed by atoms with Crippen molar-refractivity contribution in [2.24, 2.45) is 11.8 Å². The largest absolute Gasteiger partial charge is 0.481 e. The molecule has 2 rings (SSSR count). The van der Waals surface area contributed by atoms with Crippen LogP contribution in [0.15, 0.2) is 24.3 Å². The normalized spacial score (nSPS) is 26.2. The van der Waals surface area contributed by atoms with Crippen molar-refractivity contribution < 1.29 is 9.90 Å². The van der Waals surface area contributed by atoms with Gasteiger partial charge >= 0.3 is 5.97 Å². The summed E-state index contributed by atoms with van der Waals surface area (Å²) < 4.78 is 0. The molecule has 1 heterocycles. The molecule has 1 aromatic carbocycles. The summed E-state index contributed by atoms with van der Waals surface area (Å²) >= 11 is 0. The lowest BCUT2D eigenvalue weighted by molar-refractivity contribution is -0.142. The maximum atomic E-state index is 11.1. The van der Waals surface area contributed by atoms with E-state index >= 15 is 0 Å². The standard InChI is InChI=1S/C15H21NO2/c1-10-4-6-13(7-5-10)12(3)16-8-11(2)14(9-16)15(17)18/h4-7,11-12,14H,8-9H2,1-3H3,(H,17,18)/t11-,12?,14-/m1/s1. The summed E-state index contributed by atoms with van der Waals surface area (Å²) in [6.07, 6.45) is 0. The second-order valence-electron chi connectivity index (χ2n) is 5.46. The Hall–Kier alpha value is -1.35. The quantitative estimate of drug-likeness (QED) is 0.892. The van der Waals surface area contributed by atoms with Crippen LogP contribution in [0.1, 0.15) is 31.0 Å². The number of rotatable bonds is 3. The van der Waals surface area contributed by atoms with Gasteiger partial charge in [0.15, 0.2) is 0 Å². The van der Waals surface area contributed by atoms with E-state index in [1.54, 1.807) is 0 Å². The van der Waals surface area contributed by atoms with E-state index in [2.05, 4.69) is 43.0 Å². The van der Waals surface area contributed by atoms with Crippen molar-refractivity contribution in [3.05, 3.63) is 35.4 Å². The van der Waals surface area contributed by atoms with Crippen LogP contribution in [0.5, 0.6) is 0 Å². The number of carboxylic acids is 1. The smallest absolute Gasteiger partial charge is 0.308 e.